The lowest BCUT2D eigenvalue weighted by Crippen LogP contribution is -2.25. The average Bonchev–Trinajstić information content (AvgIpc) is 4.27. The Hall–Kier alpha value is -6.07. The molecule has 0 bridgehead atoms. The fourth-order valence-corrected chi connectivity index (χ4v) is 15.9. The lowest BCUT2D eigenvalue weighted by Gasteiger charge is -2.33. The molecule has 0 radical (unpaired) electrons. The van der Waals surface area contributed by atoms with Crippen molar-refractivity contribution in [3.63, 3.8) is 0 Å². The highest BCUT2D eigenvalue weighted by Crippen LogP contribution is 2.63. The Balaban J connectivity index is 0.888. The molecular weight excluding hydrogens is 952 g/mol. The molecule has 0 saturated carbocycles. The van der Waals surface area contributed by atoms with E-state index in [9.17, 15) is 0 Å². The van der Waals surface area contributed by atoms with Crippen molar-refractivity contribution in [3.8, 4) is 62.1 Å². The Bertz CT molecular complexity index is 3640. The molecule has 1 nitrogen and oxygen atoms in total. The summed E-state index contributed by atoms with van der Waals surface area (Å²) in [5.74, 6) is 9.73. The smallest absolute Gasteiger partial charge is 0.139 e. The largest absolute Gasteiger partial charge is 0.460 e. The van der Waals surface area contributed by atoms with E-state index in [0.29, 0.717) is 6.42 Å². The predicted molar refractivity (Wildman–Crippen MR) is 326 cm³/mol. The van der Waals surface area contributed by atoms with E-state index in [2.05, 4.69) is 189 Å². The van der Waals surface area contributed by atoms with Gasteiger partial charge >= 0.3 is 0 Å². The third-order valence-electron chi connectivity index (χ3n) is 20.0. The van der Waals surface area contributed by atoms with Gasteiger partial charge in [-0.2, -0.15) is 0 Å². The van der Waals surface area contributed by atoms with E-state index in [1.165, 1.54) is 189 Å². The summed E-state index contributed by atoms with van der Waals surface area (Å²) in [6.45, 7) is 19.2. The molecule has 0 spiro atoms. The molecule has 0 amide bonds. The van der Waals surface area contributed by atoms with E-state index in [1.807, 2.05) is 0 Å². The van der Waals surface area contributed by atoms with Crippen LogP contribution >= 0.6 is 11.6 Å². The van der Waals surface area contributed by atoms with Gasteiger partial charge in [-0.3, -0.25) is 0 Å². The number of hydrogen-bond donors (Lipinski definition) is 0. The topological polar surface area (TPSA) is 9.23 Å². The molecular formula is C75H77ClO. The summed E-state index contributed by atoms with van der Waals surface area (Å²) >= 11 is 6.67. The lowest BCUT2D eigenvalue weighted by atomic mass is 9.70. The number of unbranched alkanes of at least 4 members (excludes halogenated alkanes) is 9. The zero-order valence-corrected chi connectivity index (χ0v) is 48.0. The van der Waals surface area contributed by atoms with E-state index in [0.717, 1.165) is 29.4 Å². The van der Waals surface area contributed by atoms with E-state index in [1.54, 1.807) is 11.1 Å². The Morgan fingerprint density at radius 2 is 1.12 bits per heavy atom. The van der Waals surface area contributed by atoms with Gasteiger partial charge in [0.15, 0.2) is 0 Å². The summed E-state index contributed by atoms with van der Waals surface area (Å²) < 4.78 is 7.22. The third-order valence-corrected chi connectivity index (χ3v) is 20.2. The summed E-state index contributed by atoms with van der Waals surface area (Å²) in [7, 11) is 0. The minimum Gasteiger partial charge on any atom is -0.460 e. The van der Waals surface area contributed by atoms with Crippen molar-refractivity contribution in [1.29, 1.82) is 0 Å². The fraction of sp³-hybridized carbons (Fsp3) is 0.387. The van der Waals surface area contributed by atoms with Crippen LogP contribution in [-0.4, -0.2) is 0 Å². The molecule has 2 unspecified atom stereocenters. The number of fused-ring (bicyclic) bond motifs is 15. The quantitative estimate of drug-likeness (QED) is 0.0736. The highest BCUT2D eigenvalue weighted by Gasteiger charge is 2.48. The zero-order valence-electron chi connectivity index (χ0n) is 47.2. The first-order valence-electron chi connectivity index (χ1n) is 29.8. The van der Waals surface area contributed by atoms with Crippen LogP contribution in [0.3, 0.4) is 0 Å². The van der Waals surface area contributed by atoms with Crippen LogP contribution in [0.2, 0.25) is 5.02 Å². The highest BCUT2D eigenvalue weighted by molar-refractivity contribution is 6.30. The number of benzene rings is 6. The molecule has 0 N–H and O–H groups in total. The van der Waals surface area contributed by atoms with Crippen LogP contribution in [0, 0.1) is 11.8 Å². The van der Waals surface area contributed by atoms with Crippen LogP contribution in [0.25, 0.3) is 55.7 Å². The maximum atomic E-state index is 7.22. The van der Waals surface area contributed by atoms with Crippen LogP contribution < -0.4 is 4.74 Å². The van der Waals surface area contributed by atoms with Gasteiger partial charge in [0.1, 0.15) is 11.5 Å². The molecule has 390 valence electrons. The maximum absolute atomic E-state index is 7.22. The predicted octanol–water partition coefficient (Wildman–Crippen LogP) is 21.2. The Morgan fingerprint density at radius 3 is 1.88 bits per heavy atom. The number of allylic oxidation sites excluding steroid dienone is 8. The van der Waals surface area contributed by atoms with Gasteiger partial charge in [-0.1, -0.05) is 222 Å². The summed E-state index contributed by atoms with van der Waals surface area (Å²) in [6.07, 6.45) is 28.7. The molecule has 6 aromatic carbocycles. The first kappa shape index (κ1) is 50.4. The van der Waals surface area contributed by atoms with Crippen molar-refractivity contribution in [3.05, 3.63) is 193 Å². The van der Waals surface area contributed by atoms with Gasteiger partial charge < -0.3 is 4.74 Å². The molecule has 2 heteroatoms. The summed E-state index contributed by atoms with van der Waals surface area (Å²) in [4.78, 5) is 0. The van der Waals surface area contributed by atoms with Gasteiger partial charge in [0.05, 0.1) is 0 Å². The van der Waals surface area contributed by atoms with Crippen molar-refractivity contribution in [2.24, 2.45) is 0 Å². The Labute approximate surface area is 466 Å². The Kier molecular flexibility index (Phi) is 12.5. The number of ether oxygens (including phenoxy) is 1. The molecule has 0 saturated heterocycles. The van der Waals surface area contributed by atoms with Gasteiger partial charge in [0.25, 0.3) is 0 Å². The van der Waals surface area contributed by atoms with Crippen LogP contribution in [-0.2, 0) is 21.7 Å². The Morgan fingerprint density at radius 1 is 0.532 bits per heavy atom. The number of hydrogen-bond acceptors (Lipinski definition) is 1. The highest BCUT2D eigenvalue weighted by atomic mass is 35.5. The molecule has 77 heavy (non-hydrogen) atoms. The second-order valence-corrected chi connectivity index (χ2v) is 26.0. The molecule has 13 rings (SSSR count). The second-order valence-electron chi connectivity index (χ2n) is 25.6. The standard InChI is InChI=1S/C75H77ClO/c1-9-11-13-15-17-25-39-75(38-24-16-14-12-10-2)60-30-22-20-27-51(60)54-36-33-48(41-66(54)75)47-32-35-53-52-28-19-18-26-49(42-62(52)72(3,4)61(53)40-47)57-44-67-70(71-69(57)56-29-21-23-31-68(56)77-71)59-46-64-58(45-65(59)74(67,7)8)55-37-34-50(76)43-63(55)73(64,5)6/h20-23,27,30-37,40-46,56H,9-17,24-26,28-29,38-39H2,1-8H3/b49-42+. The van der Waals surface area contributed by atoms with Crippen LogP contribution in [0.1, 0.15) is 220 Å². The van der Waals surface area contributed by atoms with E-state index < -0.39 is 0 Å². The third kappa shape index (κ3) is 7.84. The first-order valence-corrected chi connectivity index (χ1v) is 30.2. The van der Waals surface area contributed by atoms with Crippen LogP contribution in [0.4, 0.5) is 0 Å². The second kappa shape index (κ2) is 19.1. The first-order chi connectivity index (χ1) is 37.3. The van der Waals surface area contributed by atoms with Gasteiger partial charge in [-0.15, -0.1) is 0 Å². The molecule has 1 aliphatic heterocycles. The van der Waals surface area contributed by atoms with Gasteiger partial charge in [-0.25, -0.2) is 0 Å². The average molecular weight is 1030 g/mol. The van der Waals surface area contributed by atoms with E-state index >= 15 is 0 Å². The lowest BCUT2D eigenvalue weighted by molar-refractivity contribution is 0.398. The molecule has 0 aromatic heterocycles. The minimum absolute atomic E-state index is 0.0512. The maximum Gasteiger partial charge on any atom is 0.139 e. The summed E-state index contributed by atoms with van der Waals surface area (Å²) in [6, 6.07) is 38.5. The normalized spacial score (nSPS) is 21.1. The molecule has 2 atom stereocenters. The van der Waals surface area contributed by atoms with E-state index in [4.69, 9.17) is 16.3 Å². The zero-order chi connectivity index (χ0) is 53.0. The summed E-state index contributed by atoms with van der Waals surface area (Å²) in [5, 5.41) is 0.793. The van der Waals surface area contributed by atoms with Crippen molar-refractivity contribution in [2.75, 3.05) is 0 Å². The van der Waals surface area contributed by atoms with Crippen molar-refractivity contribution in [1.82, 2.24) is 0 Å². The molecule has 6 aliphatic carbocycles. The van der Waals surface area contributed by atoms with Crippen molar-refractivity contribution in [2.45, 2.75) is 186 Å². The van der Waals surface area contributed by atoms with Crippen LogP contribution in [0.15, 0.2) is 133 Å². The fourth-order valence-electron chi connectivity index (χ4n) is 15.7. The van der Waals surface area contributed by atoms with E-state index in [-0.39, 0.29) is 27.6 Å². The van der Waals surface area contributed by atoms with Gasteiger partial charge in [0, 0.05) is 56.6 Å². The SMILES string of the molecule is CCCCCCCCC1(CCCCCCC)c2ccccc2-c2ccc(-c3ccc4c(c3)C(C)(C)C3=C4CC#CC/C(c4cc5c(c6c4C4CC=CC=C4O6)-c4cc6c(cc4C5(C)C)-c4ccc(Cl)cc4C6(C)C)=C\3)cc21. The number of halogens is 1. The minimum atomic E-state index is -0.257. The van der Waals surface area contributed by atoms with Crippen molar-refractivity contribution < 1.29 is 4.74 Å². The number of rotatable bonds is 15. The van der Waals surface area contributed by atoms with Crippen molar-refractivity contribution >= 4 is 22.7 Å². The molecule has 6 aromatic rings. The molecule has 1 heterocycles. The van der Waals surface area contributed by atoms with Gasteiger partial charge in [0.2, 0.25) is 0 Å². The monoisotopic (exact) mass is 1030 g/mol. The van der Waals surface area contributed by atoms with Gasteiger partial charge in [-0.05, 0) is 174 Å². The summed E-state index contributed by atoms with van der Waals surface area (Å²) in [5.41, 5.74) is 28.2. The molecule has 7 aliphatic rings. The van der Waals surface area contributed by atoms with Crippen LogP contribution in [0.5, 0.6) is 5.75 Å². The molecule has 0 fully saturated rings.